The lowest BCUT2D eigenvalue weighted by molar-refractivity contribution is 0.263. The molecule has 0 saturated carbocycles. The highest BCUT2D eigenvalue weighted by atomic mass is 79.9. The van der Waals surface area contributed by atoms with E-state index in [4.69, 9.17) is 11.6 Å². The minimum absolute atomic E-state index is 0.0341. The fraction of sp³-hybridized carbons (Fsp3) is 0.200. The van der Waals surface area contributed by atoms with Crippen LogP contribution in [-0.4, -0.2) is 11.7 Å². The molecule has 2 aromatic carbocycles. The van der Waals surface area contributed by atoms with E-state index in [1.165, 1.54) is 12.1 Å². The Morgan fingerprint density at radius 2 is 1.84 bits per heavy atom. The summed E-state index contributed by atoms with van der Waals surface area (Å²) >= 11 is 9.24. The van der Waals surface area contributed by atoms with Crippen LogP contribution in [0.25, 0.3) is 0 Å². The maximum atomic E-state index is 13.7. The van der Waals surface area contributed by atoms with E-state index in [1.807, 2.05) is 24.3 Å². The van der Waals surface area contributed by atoms with E-state index in [9.17, 15) is 9.50 Å². The standard InChI is InChI=1S/C15H13BrClFO/c16-13-3-1-10(2-4-13)12(9-19)7-11-8-14(17)5-6-15(11)18/h1-6,8,12,19H,7,9H2. The predicted molar refractivity (Wildman–Crippen MR) is 79.1 cm³/mol. The normalized spacial score (nSPS) is 12.4. The van der Waals surface area contributed by atoms with Crippen LogP contribution in [0.2, 0.25) is 5.02 Å². The van der Waals surface area contributed by atoms with Crippen molar-refractivity contribution in [1.82, 2.24) is 0 Å². The van der Waals surface area contributed by atoms with Gasteiger partial charge < -0.3 is 5.11 Å². The summed E-state index contributed by atoms with van der Waals surface area (Å²) < 4.78 is 14.7. The zero-order valence-electron chi connectivity index (χ0n) is 10.1. The first-order valence-corrected chi connectivity index (χ1v) is 7.07. The Morgan fingerprint density at radius 1 is 1.16 bits per heavy atom. The lowest BCUT2D eigenvalue weighted by atomic mass is 9.92. The second-order valence-electron chi connectivity index (χ2n) is 4.37. The van der Waals surface area contributed by atoms with Crippen LogP contribution in [-0.2, 0) is 6.42 Å². The summed E-state index contributed by atoms with van der Waals surface area (Å²) in [6.45, 7) is -0.0341. The van der Waals surface area contributed by atoms with Gasteiger partial charge in [0.1, 0.15) is 5.82 Å². The zero-order chi connectivity index (χ0) is 13.8. The molecule has 0 aliphatic carbocycles. The fourth-order valence-corrected chi connectivity index (χ4v) is 2.45. The molecule has 2 rings (SSSR count). The number of aliphatic hydroxyl groups is 1. The average molecular weight is 344 g/mol. The maximum absolute atomic E-state index is 13.7. The first-order valence-electron chi connectivity index (χ1n) is 5.90. The van der Waals surface area contributed by atoms with Gasteiger partial charge in [0.05, 0.1) is 6.61 Å². The molecule has 0 aliphatic rings. The first-order chi connectivity index (χ1) is 9.10. The largest absolute Gasteiger partial charge is 0.396 e. The molecular weight excluding hydrogens is 331 g/mol. The molecule has 0 aromatic heterocycles. The summed E-state index contributed by atoms with van der Waals surface area (Å²) in [6, 6.07) is 12.2. The van der Waals surface area contributed by atoms with Crippen molar-refractivity contribution in [3.8, 4) is 0 Å². The molecule has 0 saturated heterocycles. The molecule has 0 bridgehead atoms. The number of hydrogen-bond donors (Lipinski definition) is 1. The topological polar surface area (TPSA) is 20.2 Å². The Morgan fingerprint density at radius 3 is 2.47 bits per heavy atom. The lowest BCUT2D eigenvalue weighted by Gasteiger charge is -2.15. The molecule has 0 fully saturated rings. The molecule has 19 heavy (non-hydrogen) atoms. The van der Waals surface area contributed by atoms with Gasteiger partial charge in [-0.25, -0.2) is 4.39 Å². The van der Waals surface area contributed by atoms with E-state index >= 15 is 0 Å². The van der Waals surface area contributed by atoms with E-state index in [1.54, 1.807) is 6.07 Å². The highest BCUT2D eigenvalue weighted by Gasteiger charge is 2.14. The third kappa shape index (κ3) is 3.78. The van der Waals surface area contributed by atoms with Gasteiger partial charge in [-0.1, -0.05) is 39.7 Å². The van der Waals surface area contributed by atoms with E-state index in [-0.39, 0.29) is 18.3 Å². The number of aliphatic hydroxyl groups excluding tert-OH is 1. The Bertz CT molecular complexity index is 557. The van der Waals surface area contributed by atoms with Gasteiger partial charge in [-0.2, -0.15) is 0 Å². The van der Waals surface area contributed by atoms with Crippen LogP contribution in [0.4, 0.5) is 4.39 Å². The van der Waals surface area contributed by atoms with Crippen molar-refractivity contribution in [3.63, 3.8) is 0 Å². The molecule has 0 aliphatic heterocycles. The van der Waals surface area contributed by atoms with Crippen LogP contribution < -0.4 is 0 Å². The van der Waals surface area contributed by atoms with Crippen LogP contribution >= 0.6 is 27.5 Å². The number of rotatable bonds is 4. The molecule has 1 unspecified atom stereocenters. The van der Waals surface area contributed by atoms with Crippen LogP contribution in [0, 0.1) is 5.82 Å². The van der Waals surface area contributed by atoms with E-state index in [0.717, 1.165) is 10.0 Å². The molecule has 100 valence electrons. The van der Waals surface area contributed by atoms with Crippen molar-refractivity contribution in [2.45, 2.75) is 12.3 Å². The van der Waals surface area contributed by atoms with Crippen molar-refractivity contribution in [2.24, 2.45) is 0 Å². The minimum Gasteiger partial charge on any atom is -0.396 e. The van der Waals surface area contributed by atoms with Gasteiger partial charge in [0.25, 0.3) is 0 Å². The Kier molecular flexibility index (Phi) is 4.97. The quantitative estimate of drug-likeness (QED) is 0.863. The van der Waals surface area contributed by atoms with Gasteiger partial charge in [0.2, 0.25) is 0 Å². The van der Waals surface area contributed by atoms with Crippen molar-refractivity contribution in [2.75, 3.05) is 6.61 Å². The zero-order valence-corrected chi connectivity index (χ0v) is 12.5. The van der Waals surface area contributed by atoms with E-state index in [0.29, 0.717) is 17.0 Å². The summed E-state index contributed by atoms with van der Waals surface area (Å²) in [5.74, 6) is -0.430. The van der Waals surface area contributed by atoms with Crippen LogP contribution in [0.15, 0.2) is 46.9 Å². The summed E-state index contributed by atoms with van der Waals surface area (Å²) in [4.78, 5) is 0. The molecular formula is C15H13BrClFO. The SMILES string of the molecule is OCC(Cc1cc(Cl)ccc1F)c1ccc(Br)cc1. The third-order valence-electron chi connectivity index (χ3n) is 3.04. The lowest BCUT2D eigenvalue weighted by Crippen LogP contribution is -2.09. The predicted octanol–water partition coefficient (Wildman–Crippen LogP) is 4.56. The van der Waals surface area contributed by atoms with E-state index < -0.39 is 0 Å². The summed E-state index contributed by atoms with van der Waals surface area (Å²) in [5, 5.41) is 10.0. The first kappa shape index (κ1) is 14.5. The summed E-state index contributed by atoms with van der Waals surface area (Å²) in [7, 11) is 0. The van der Waals surface area contributed by atoms with Gasteiger partial charge in [0, 0.05) is 15.4 Å². The van der Waals surface area contributed by atoms with Crippen molar-refractivity contribution >= 4 is 27.5 Å². The number of benzene rings is 2. The van der Waals surface area contributed by atoms with Crippen molar-refractivity contribution in [3.05, 3.63) is 68.9 Å². The molecule has 1 nitrogen and oxygen atoms in total. The molecule has 1 N–H and O–H groups in total. The second-order valence-corrected chi connectivity index (χ2v) is 5.72. The summed E-state index contributed by atoms with van der Waals surface area (Å²) in [6.07, 6.45) is 0.421. The molecule has 1 atom stereocenters. The van der Waals surface area contributed by atoms with Gasteiger partial charge in [-0.3, -0.25) is 0 Å². The Balaban J connectivity index is 2.23. The van der Waals surface area contributed by atoms with E-state index in [2.05, 4.69) is 15.9 Å². The van der Waals surface area contributed by atoms with Gasteiger partial charge in [0.15, 0.2) is 0 Å². The highest BCUT2D eigenvalue weighted by Crippen LogP contribution is 2.25. The van der Waals surface area contributed by atoms with Crippen LogP contribution in [0.1, 0.15) is 17.0 Å². The second kappa shape index (κ2) is 6.51. The van der Waals surface area contributed by atoms with Gasteiger partial charge >= 0.3 is 0 Å². The molecule has 0 heterocycles. The maximum Gasteiger partial charge on any atom is 0.126 e. The van der Waals surface area contributed by atoms with Crippen LogP contribution in [0.5, 0.6) is 0 Å². The van der Waals surface area contributed by atoms with Crippen molar-refractivity contribution < 1.29 is 9.50 Å². The van der Waals surface area contributed by atoms with Crippen molar-refractivity contribution in [1.29, 1.82) is 0 Å². The molecule has 0 spiro atoms. The molecule has 0 amide bonds. The highest BCUT2D eigenvalue weighted by molar-refractivity contribution is 9.10. The Labute approximate surface area is 125 Å². The van der Waals surface area contributed by atoms with Gasteiger partial charge in [-0.15, -0.1) is 0 Å². The molecule has 0 radical (unpaired) electrons. The molecule has 2 aromatic rings. The molecule has 4 heteroatoms. The smallest absolute Gasteiger partial charge is 0.126 e. The average Bonchev–Trinajstić information content (AvgIpc) is 2.41. The summed E-state index contributed by atoms with van der Waals surface area (Å²) in [5.41, 5.74) is 1.50. The number of halogens is 3. The van der Waals surface area contributed by atoms with Gasteiger partial charge in [-0.05, 0) is 47.9 Å². The fourth-order valence-electron chi connectivity index (χ4n) is 1.99. The number of hydrogen-bond acceptors (Lipinski definition) is 1. The monoisotopic (exact) mass is 342 g/mol. The minimum atomic E-state index is -0.292. The Hall–Kier alpha value is -0.900. The third-order valence-corrected chi connectivity index (χ3v) is 3.80. The van der Waals surface area contributed by atoms with Crippen LogP contribution in [0.3, 0.4) is 0 Å².